The molecule has 0 bridgehead atoms. The van der Waals surface area contributed by atoms with Crippen LogP contribution in [0.25, 0.3) is 11.0 Å². The van der Waals surface area contributed by atoms with E-state index in [0.29, 0.717) is 13.0 Å². The molecule has 1 aromatic heterocycles. The zero-order chi connectivity index (χ0) is 15.6. The molecule has 1 aromatic carbocycles. The van der Waals surface area contributed by atoms with E-state index in [1.54, 1.807) is 7.11 Å². The minimum Gasteiger partial charge on any atom is -0.497 e. The van der Waals surface area contributed by atoms with Gasteiger partial charge in [-0.2, -0.15) is 0 Å². The summed E-state index contributed by atoms with van der Waals surface area (Å²) in [6.45, 7) is 6.31. The molecule has 0 fully saturated rings. The SMILES string of the molecule is COc1ccc2c(c1)nc(CCNC(=O)C(C)(C)C)n2C. The number of amides is 1. The summed E-state index contributed by atoms with van der Waals surface area (Å²) in [7, 11) is 3.63. The Kier molecular flexibility index (Phi) is 4.21. The number of benzene rings is 1. The lowest BCUT2D eigenvalue weighted by Gasteiger charge is -2.17. The van der Waals surface area contributed by atoms with Crippen molar-refractivity contribution in [1.29, 1.82) is 0 Å². The maximum atomic E-state index is 11.8. The van der Waals surface area contributed by atoms with Gasteiger partial charge in [0.1, 0.15) is 11.6 Å². The average Bonchev–Trinajstić information content (AvgIpc) is 2.74. The van der Waals surface area contributed by atoms with Gasteiger partial charge in [-0.25, -0.2) is 4.98 Å². The molecule has 1 heterocycles. The highest BCUT2D eigenvalue weighted by molar-refractivity contribution is 5.81. The molecule has 0 saturated carbocycles. The van der Waals surface area contributed by atoms with Crippen molar-refractivity contribution in [2.75, 3.05) is 13.7 Å². The summed E-state index contributed by atoms with van der Waals surface area (Å²) in [6, 6.07) is 5.85. The number of aryl methyl sites for hydroxylation is 1. The van der Waals surface area contributed by atoms with Crippen molar-refractivity contribution in [2.45, 2.75) is 27.2 Å². The number of rotatable bonds is 4. The van der Waals surface area contributed by atoms with Crippen LogP contribution >= 0.6 is 0 Å². The van der Waals surface area contributed by atoms with Gasteiger partial charge in [0.25, 0.3) is 0 Å². The molecule has 5 heteroatoms. The van der Waals surface area contributed by atoms with E-state index in [1.807, 2.05) is 46.0 Å². The summed E-state index contributed by atoms with van der Waals surface area (Å²) in [4.78, 5) is 16.5. The minimum absolute atomic E-state index is 0.0583. The molecule has 5 nitrogen and oxygen atoms in total. The van der Waals surface area contributed by atoms with Crippen molar-refractivity contribution in [3.8, 4) is 5.75 Å². The maximum absolute atomic E-state index is 11.8. The number of methoxy groups -OCH3 is 1. The first kappa shape index (κ1) is 15.4. The molecule has 2 aromatic rings. The molecular weight excluding hydrogens is 266 g/mol. The number of fused-ring (bicyclic) bond motifs is 1. The Morgan fingerprint density at radius 2 is 2.10 bits per heavy atom. The Morgan fingerprint density at radius 1 is 1.38 bits per heavy atom. The van der Waals surface area contributed by atoms with Crippen molar-refractivity contribution in [1.82, 2.24) is 14.9 Å². The number of nitrogens with one attached hydrogen (secondary N) is 1. The Morgan fingerprint density at radius 3 is 2.71 bits per heavy atom. The summed E-state index contributed by atoms with van der Waals surface area (Å²) in [5.41, 5.74) is 1.61. The number of hydrogen-bond donors (Lipinski definition) is 1. The number of carbonyl (C=O) groups excluding carboxylic acids is 1. The van der Waals surface area contributed by atoms with E-state index in [1.165, 1.54) is 0 Å². The summed E-state index contributed by atoms with van der Waals surface area (Å²) in [5, 5.41) is 2.95. The van der Waals surface area contributed by atoms with Gasteiger partial charge < -0.3 is 14.6 Å². The third-order valence-electron chi connectivity index (χ3n) is 3.50. The third kappa shape index (κ3) is 3.35. The third-order valence-corrected chi connectivity index (χ3v) is 3.50. The van der Waals surface area contributed by atoms with Gasteiger partial charge >= 0.3 is 0 Å². The van der Waals surface area contributed by atoms with Gasteiger partial charge in [0.2, 0.25) is 5.91 Å². The van der Waals surface area contributed by atoms with Gasteiger partial charge in [-0.15, -0.1) is 0 Å². The monoisotopic (exact) mass is 289 g/mol. The highest BCUT2D eigenvalue weighted by Gasteiger charge is 2.20. The Bertz CT molecular complexity index is 653. The van der Waals surface area contributed by atoms with Crippen LogP contribution in [0.2, 0.25) is 0 Å². The zero-order valence-corrected chi connectivity index (χ0v) is 13.4. The van der Waals surface area contributed by atoms with Crippen molar-refractivity contribution in [3.63, 3.8) is 0 Å². The number of ether oxygens (including phenoxy) is 1. The second kappa shape index (κ2) is 5.76. The lowest BCUT2D eigenvalue weighted by molar-refractivity contribution is -0.128. The number of hydrogen-bond acceptors (Lipinski definition) is 3. The largest absolute Gasteiger partial charge is 0.497 e. The van der Waals surface area contributed by atoms with Gasteiger partial charge in [0, 0.05) is 31.5 Å². The molecule has 21 heavy (non-hydrogen) atoms. The van der Waals surface area contributed by atoms with Crippen molar-refractivity contribution in [2.24, 2.45) is 12.5 Å². The molecule has 114 valence electrons. The zero-order valence-electron chi connectivity index (χ0n) is 13.4. The molecule has 0 unspecified atom stereocenters. The Labute approximate surface area is 125 Å². The number of carbonyl (C=O) groups is 1. The molecule has 0 aliphatic carbocycles. The number of imidazole rings is 1. The van der Waals surface area contributed by atoms with Crippen LogP contribution in [0, 0.1) is 5.41 Å². The van der Waals surface area contributed by atoms with Crippen molar-refractivity contribution in [3.05, 3.63) is 24.0 Å². The molecule has 1 N–H and O–H groups in total. The molecule has 1 amide bonds. The number of aromatic nitrogens is 2. The van der Waals surface area contributed by atoms with Crippen LogP contribution in [0.1, 0.15) is 26.6 Å². The molecule has 0 aliphatic rings. The lowest BCUT2D eigenvalue weighted by atomic mass is 9.96. The normalized spacial score (nSPS) is 11.7. The average molecular weight is 289 g/mol. The van der Waals surface area contributed by atoms with E-state index >= 15 is 0 Å². The Hall–Kier alpha value is -2.04. The summed E-state index contributed by atoms with van der Waals surface area (Å²) < 4.78 is 7.27. The highest BCUT2D eigenvalue weighted by Crippen LogP contribution is 2.21. The fourth-order valence-corrected chi connectivity index (χ4v) is 2.13. The first-order chi connectivity index (χ1) is 9.82. The Balaban J connectivity index is 2.09. The fourth-order valence-electron chi connectivity index (χ4n) is 2.13. The number of nitrogens with zero attached hydrogens (tertiary/aromatic N) is 2. The summed E-state index contributed by atoms with van der Waals surface area (Å²) >= 11 is 0. The minimum atomic E-state index is -0.361. The first-order valence-electron chi connectivity index (χ1n) is 7.10. The summed E-state index contributed by atoms with van der Waals surface area (Å²) in [6.07, 6.45) is 0.704. The predicted molar refractivity (Wildman–Crippen MR) is 83.4 cm³/mol. The molecular formula is C16H23N3O2. The molecule has 0 saturated heterocycles. The van der Waals surface area contributed by atoms with Crippen LogP contribution in [-0.4, -0.2) is 29.1 Å². The van der Waals surface area contributed by atoms with E-state index in [9.17, 15) is 4.79 Å². The lowest BCUT2D eigenvalue weighted by Crippen LogP contribution is -2.36. The highest BCUT2D eigenvalue weighted by atomic mass is 16.5. The van der Waals surface area contributed by atoms with E-state index in [2.05, 4.69) is 14.9 Å². The van der Waals surface area contributed by atoms with E-state index in [0.717, 1.165) is 22.6 Å². The van der Waals surface area contributed by atoms with E-state index in [-0.39, 0.29) is 11.3 Å². The van der Waals surface area contributed by atoms with Gasteiger partial charge in [-0.1, -0.05) is 20.8 Å². The van der Waals surface area contributed by atoms with Crippen molar-refractivity contribution < 1.29 is 9.53 Å². The smallest absolute Gasteiger partial charge is 0.225 e. The van der Waals surface area contributed by atoms with Crippen LogP contribution in [0.15, 0.2) is 18.2 Å². The van der Waals surface area contributed by atoms with Gasteiger partial charge in [0.15, 0.2) is 0 Å². The van der Waals surface area contributed by atoms with Crippen molar-refractivity contribution >= 4 is 16.9 Å². The van der Waals surface area contributed by atoms with Gasteiger partial charge in [-0.05, 0) is 12.1 Å². The predicted octanol–water partition coefficient (Wildman–Crippen LogP) is 2.29. The molecule has 2 rings (SSSR count). The van der Waals surface area contributed by atoms with E-state index < -0.39 is 0 Å². The van der Waals surface area contributed by atoms with Gasteiger partial charge in [-0.3, -0.25) is 4.79 Å². The molecule has 0 spiro atoms. The van der Waals surface area contributed by atoms with Crippen LogP contribution in [0.4, 0.5) is 0 Å². The summed E-state index contributed by atoms with van der Waals surface area (Å²) in [5.74, 6) is 1.81. The fraction of sp³-hybridized carbons (Fsp3) is 0.500. The second-order valence-corrected chi connectivity index (χ2v) is 6.20. The van der Waals surface area contributed by atoms with Gasteiger partial charge in [0.05, 0.1) is 18.1 Å². The first-order valence-corrected chi connectivity index (χ1v) is 7.10. The second-order valence-electron chi connectivity index (χ2n) is 6.20. The van der Waals surface area contributed by atoms with Crippen LogP contribution < -0.4 is 10.1 Å². The van der Waals surface area contributed by atoms with E-state index in [4.69, 9.17) is 4.74 Å². The van der Waals surface area contributed by atoms with Crippen LogP contribution in [0.3, 0.4) is 0 Å². The molecule has 0 aliphatic heterocycles. The molecule has 0 atom stereocenters. The standard InChI is InChI=1S/C16H23N3O2/c1-16(2,3)15(20)17-9-8-14-18-12-10-11(21-5)6-7-13(12)19(14)4/h6-7,10H,8-9H2,1-5H3,(H,17,20). The van der Waals surface area contributed by atoms with Crippen LogP contribution in [-0.2, 0) is 18.3 Å². The molecule has 0 radical (unpaired) electrons. The topological polar surface area (TPSA) is 56.1 Å². The quantitative estimate of drug-likeness (QED) is 0.939. The van der Waals surface area contributed by atoms with Crippen LogP contribution in [0.5, 0.6) is 5.75 Å². The maximum Gasteiger partial charge on any atom is 0.225 e.